The number of rotatable bonds is 6. The smallest absolute Gasteiger partial charge is 0.335 e. The predicted molar refractivity (Wildman–Crippen MR) is 78.0 cm³/mol. The minimum absolute atomic E-state index is 0.287. The lowest BCUT2D eigenvalue weighted by molar-refractivity contribution is 0.0697. The van der Waals surface area contributed by atoms with Gasteiger partial charge in [-0.25, -0.2) is 9.78 Å². The summed E-state index contributed by atoms with van der Waals surface area (Å²) in [6, 6.07) is 5.08. The van der Waals surface area contributed by atoms with Crippen molar-refractivity contribution >= 4 is 11.7 Å². The zero-order valence-electron chi connectivity index (χ0n) is 11.8. The molecule has 2 N–H and O–H groups in total. The number of carboxylic acids is 1. The van der Waals surface area contributed by atoms with Crippen molar-refractivity contribution in [2.45, 2.75) is 33.4 Å². The molecule has 0 fully saturated rings. The first-order chi connectivity index (χ1) is 9.61. The summed E-state index contributed by atoms with van der Waals surface area (Å²) >= 11 is 0. The summed E-state index contributed by atoms with van der Waals surface area (Å²) in [6.07, 6.45) is 4.80. The van der Waals surface area contributed by atoms with Crippen molar-refractivity contribution in [2.75, 3.05) is 5.32 Å². The van der Waals surface area contributed by atoms with Gasteiger partial charge in [-0.3, -0.25) is 0 Å². The van der Waals surface area contributed by atoms with Crippen LogP contribution < -0.4 is 5.32 Å². The molecule has 5 nitrogen and oxygen atoms in total. The highest BCUT2D eigenvalue weighted by Crippen LogP contribution is 2.17. The van der Waals surface area contributed by atoms with Crippen molar-refractivity contribution in [1.82, 2.24) is 9.55 Å². The van der Waals surface area contributed by atoms with Crippen molar-refractivity contribution in [1.29, 1.82) is 0 Å². The van der Waals surface area contributed by atoms with Gasteiger partial charge in [-0.05, 0) is 31.0 Å². The van der Waals surface area contributed by atoms with E-state index in [0.29, 0.717) is 6.54 Å². The fourth-order valence-electron chi connectivity index (χ4n) is 2.07. The molecule has 0 aliphatic heterocycles. The lowest BCUT2D eigenvalue weighted by atomic mass is 10.1. The van der Waals surface area contributed by atoms with Gasteiger partial charge < -0.3 is 15.0 Å². The number of benzene rings is 1. The van der Waals surface area contributed by atoms with Gasteiger partial charge in [0.2, 0.25) is 0 Å². The van der Waals surface area contributed by atoms with Crippen LogP contribution in [0.3, 0.4) is 0 Å². The molecule has 0 atom stereocenters. The monoisotopic (exact) mass is 273 g/mol. The molecule has 106 valence electrons. The quantitative estimate of drug-likeness (QED) is 0.849. The molecule has 0 amide bonds. The van der Waals surface area contributed by atoms with Crippen LogP contribution in [0.1, 0.15) is 35.1 Å². The summed E-state index contributed by atoms with van der Waals surface area (Å²) in [5, 5.41) is 12.3. The number of aryl methyl sites for hydroxylation is 2. The van der Waals surface area contributed by atoms with Gasteiger partial charge in [-0.15, -0.1) is 0 Å². The van der Waals surface area contributed by atoms with Crippen LogP contribution in [-0.2, 0) is 13.1 Å². The van der Waals surface area contributed by atoms with Crippen LogP contribution in [0.2, 0.25) is 0 Å². The van der Waals surface area contributed by atoms with Crippen molar-refractivity contribution in [2.24, 2.45) is 0 Å². The second kappa shape index (κ2) is 6.23. The van der Waals surface area contributed by atoms with Crippen LogP contribution in [0, 0.1) is 6.92 Å². The van der Waals surface area contributed by atoms with Crippen molar-refractivity contribution in [3.05, 3.63) is 47.5 Å². The molecule has 20 heavy (non-hydrogen) atoms. The number of nitrogens with zero attached hydrogens (tertiary/aromatic N) is 2. The molecule has 1 heterocycles. The van der Waals surface area contributed by atoms with Gasteiger partial charge in [0.15, 0.2) is 0 Å². The highest BCUT2D eigenvalue weighted by atomic mass is 16.4. The molecule has 2 rings (SSSR count). The average Bonchev–Trinajstić information content (AvgIpc) is 2.85. The minimum Gasteiger partial charge on any atom is -0.478 e. The maximum absolute atomic E-state index is 11.0. The fraction of sp³-hybridized carbons (Fsp3) is 0.333. The molecule has 5 heteroatoms. The predicted octanol–water partition coefficient (Wildman–Crippen LogP) is 2.91. The number of carboxylic acid groups (broad SMARTS) is 1. The highest BCUT2D eigenvalue weighted by Gasteiger charge is 2.07. The molecule has 1 aromatic heterocycles. The summed E-state index contributed by atoms with van der Waals surface area (Å²) in [5.41, 5.74) is 2.13. The minimum atomic E-state index is -0.916. The van der Waals surface area contributed by atoms with Crippen molar-refractivity contribution in [3.63, 3.8) is 0 Å². The molecule has 0 saturated heterocycles. The van der Waals surface area contributed by atoms with E-state index >= 15 is 0 Å². The third-order valence-electron chi connectivity index (χ3n) is 3.19. The largest absolute Gasteiger partial charge is 0.478 e. The van der Waals surface area contributed by atoms with E-state index in [1.54, 1.807) is 18.3 Å². The Bertz CT molecular complexity index is 605. The number of hydrogen-bond donors (Lipinski definition) is 2. The van der Waals surface area contributed by atoms with E-state index in [9.17, 15) is 4.79 Å². The van der Waals surface area contributed by atoms with Gasteiger partial charge >= 0.3 is 5.97 Å². The first kappa shape index (κ1) is 14.1. The third-order valence-corrected chi connectivity index (χ3v) is 3.19. The lowest BCUT2D eigenvalue weighted by Crippen LogP contribution is -2.09. The third kappa shape index (κ3) is 3.17. The van der Waals surface area contributed by atoms with Crippen LogP contribution in [0.25, 0.3) is 0 Å². The number of carbonyl (C=O) groups is 1. The molecule has 2 aromatic rings. The Labute approximate surface area is 118 Å². The lowest BCUT2D eigenvalue weighted by Gasteiger charge is -2.11. The Hall–Kier alpha value is -2.30. The van der Waals surface area contributed by atoms with Gasteiger partial charge in [0.1, 0.15) is 5.82 Å². The molecule has 0 unspecified atom stereocenters. The van der Waals surface area contributed by atoms with Gasteiger partial charge in [-0.2, -0.15) is 0 Å². The van der Waals surface area contributed by atoms with E-state index in [-0.39, 0.29) is 5.56 Å². The SMILES string of the molecule is CCCn1ccnc1CNc1cc(C(=O)O)ccc1C. The number of aromatic carboxylic acids is 1. The molecule has 0 bridgehead atoms. The van der Waals surface area contributed by atoms with Crippen molar-refractivity contribution < 1.29 is 9.90 Å². The van der Waals surface area contributed by atoms with Gasteiger partial charge in [0.05, 0.1) is 12.1 Å². The summed E-state index contributed by atoms with van der Waals surface area (Å²) in [6.45, 7) is 5.59. The Morgan fingerprint density at radius 3 is 2.95 bits per heavy atom. The summed E-state index contributed by atoms with van der Waals surface area (Å²) in [5.74, 6) is 0.0347. The molecule has 1 aromatic carbocycles. The van der Waals surface area contributed by atoms with E-state index in [0.717, 1.165) is 30.0 Å². The van der Waals surface area contributed by atoms with Gasteiger partial charge in [0.25, 0.3) is 0 Å². The number of hydrogen-bond acceptors (Lipinski definition) is 3. The molecular formula is C15H19N3O2. The Morgan fingerprint density at radius 1 is 1.45 bits per heavy atom. The first-order valence-electron chi connectivity index (χ1n) is 6.69. The molecule has 0 aliphatic rings. The summed E-state index contributed by atoms with van der Waals surface area (Å²) in [4.78, 5) is 15.3. The number of nitrogens with one attached hydrogen (secondary N) is 1. The average molecular weight is 273 g/mol. The maximum Gasteiger partial charge on any atom is 0.335 e. The highest BCUT2D eigenvalue weighted by molar-refractivity contribution is 5.89. The van der Waals surface area contributed by atoms with Crippen LogP contribution in [0.4, 0.5) is 5.69 Å². The normalized spacial score (nSPS) is 10.5. The molecule has 0 spiro atoms. The number of imidazole rings is 1. The second-order valence-corrected chi connectivity index (χ2v) is 4.73. The first-order valence-corrected chi connectivity index (χ1v) is 6.69. The van der Waals surface area contributed by atoms with E-state index in [1.165, 1.54) is 0 Å². The number of anilines is 1. The summed E-state index contributed by atoms with van der Waals surface area (Å²) < 4.78 is 2.10. The summed E-state index contributed by atoms with van der Waals surface area (Å²) in [7, 11) is 0. The van der Waals surface area contributed by atoms with Gasteiger partial charge in [0, 0.05) is 24.6 Å². The zero-order chi connectivity index (χ0) is 14.5. The maximum atomic E-state index is 11.0. The molecule has 0 aliphatic carbocycles. The van der Waals surface area contributed by atoms with Crippen LogP contribution in [-0.4, -0.2) is 20.6 Å². The standard InChI is InChI=1S/C15H19N3O2/c1-3-7-18-8-6-16-14(18)10-17-13-9-12(15(19)20)5-4-11(13)2/h4-6,8-9,17H,3,7,10H2,1-2H3,(H,19,20). The molecule has 0 radical (unpaired) electrons. The molecular weight excluding hydrogens is 254 g/mol. The Balaban J connectivity index is 2.12. The van der Waals surface area contributed by atoms with E-state index in [1.807, 2.05) is 19.2 Å². The van der Waals surface area contributed by atoms with Crippen LogP contribution >= 0.6 is 0 Å². The Kier molecular flexibility index (Phi) is 4.40. The van der Waals surface area contributed by atoms with Crippen LogP contribution in [0.15, 0.2) is 30.6 Å². The molecule has 0 saturated carbocycles. The van der Waals surface area contributed by atoms with Crippen LogP contribution in [0.5, 0.6) is 0 Å². The van der Waals surface area contributed by atoms with Gasteiger partial charge in [-0.1, -0.05) is 13.0 Å². The Morgan fingerprint density at radius 2 is 2.25 bits per heavy atom. The second-order valence-electron chi connectivity index (χ2n) is 4.73. The number of aromatic nitrogens is 2. The fourth-order valence-corrected chi connectivity index (χ4v) is 2.07. The van der Waals surface area contributed by atoms with E-state index in [2.05, 4.69) is 21.8 Å². The van der Waals surface area contributed by atoms with E-state index < -0.39 is 5.97 Å². The van der Waals surface area contributed by atoms with E-state index in [4.69, 9.17) is 5.11 Å². The zero-order valence-corrected chi connectivity index (χ0v) is 11.8. The van der Waals surface area contributed by atoms with Crippen molar-refractivity contribution in [3.8, 4) is 0 Å². The topological polar surface area (TPSA) is 67.2 Å².